The Balaban J connectivity index is 1.94. The van der Waals surface area contributed by atoms with Crippen molar-refractivity contribution in [3.05, 3.63) is 24.3 Å². The lowest BCUT2D eigenvalue weighted by atomic mass is 9.94. The molecule has 7 heteroatoms. The summed E-state index contributed by atoms with van der Waals surface area (Å²) < 4.78 is 22.9. The van der Waals surface area contributed by atoms with Gasteiger partial charge in [-0.3, -0.25) is 9.69 Å². The number of imide groups is 1. The maximum Gasteiger partial charge on any atom is 0.350 e. The molecular formula is C12H12N2O4S. The van der Waals surface area contributed by atoms with Crippen LogP contribution in [-0.2, 0) is 14.6 Å². The number of rotatable bonds is 1. The fourth-order valence-electron chi connectivity index (χ4n) is 2.57. The Labute approximate surface area is 110 Å². The lowest BCUT2D eigenvalue weighted by molar-refractivity contribution is -0.130. The number of hydrogen-bond donors (Lipinski definition) is 0. The van der Waals surface area contributed by atoms with Gasteiger partial charge in [0.15, 0.2) is 9.84 Å². The van der Waals surface area contributed by atoms with Crippen LogP contribution in [-0.4, -0.2) is 48.5 Å². The van der Waals surface area contributed by atoms with Gasteiger partial charge in [0.25, 0.3) is 0 Å². The number of urea groups is 1. The summed E-state index contributed by atoms with van der Waals surface area (Å²) in [6.45, 7) is 0. The molecule has 2 heterocycles. The first-order valence-corrected chi connectivity index (χ1v) is 7.81. The molecule has 3 rings (SSSR count). The molecule has 0 radical (unpaired) electrons. The van der Waals surface area contributed by atoms with Gasteiger partial charge in [0.1, 0.15) is 0 Å². The van der Waals surface area contributed by atoms with Crippen molar-refractivity contribution in [3.63, 3.8) is 0 Å². The zero-order chi connectivity index (χ0) is 13.6. The highest BCUT2D eigenvalue weighted by Crippen LogP contribution is 2.26. The van der Waals surface area contributed by atoms with Crippen molar-refractivity contribution in [2.45, 2.75) is 12.5 Å². The van der Waals surface area contributed by atoms with E-state index in [0.717, 1.165) is 4.90 Å². The van der Waals surface area contributed by atoms with Crippen LogP contribution in [0.2, 0.25) is 0 Å². The second kappa shape index (κ2) is 4.12. The standard InChI is InChI=1S/C12H12N2O4S/c15-11-9-3-1-2-4-10(9)13-12(16)14(11)8-5-6-19(17,18)7-8/h1-4,8-9H,5-7H2. The molecule has 0 spiro atoms. The van der Waals surface area contributed by atoms with Crippen molar-refractivity contribution < 1.29 is 18.0 Å². The van der Waals surface area contributed by atoms with E-state index in [4.69, 9.17) is 0 Å². The first-order chi connectivity index (χ1) is 8.98. The third-order valence-corrected chi connectivity index (χ3v) is 5.26. The van der Waals surface area contributed by atoms with Crippen molar-refractivity contribution >= 4 is 27.5 Å². The molecule has 19 heavy (non-hydrogen) atoms. The van der Waals surface area contributed by atoms with Gasteiger partial charge in [0.05, 0.1) is 29.2 Å². The highest BCUT2D eigenvalue weighted by atomic mass is 32.2. The van der Waals surface area contributed by atoms with Gasteiger partial charge in [-0.25, -0.2) is 13.2 Å². The number of fused-ring (bicyclic) bond motifs is 1. The monoisotopic (exact) mass is 280 g/mol. The second-order valence-electron chi connectivity index (χ2n) is 4.81. The molecule has 1 saturated heterocycles. The zero-order valence-corrected chi connectivity index (χ0v) is 10.8. The van der Waals surface area contributed by atoms with E-state index in [1.807, 2.05) is 0 Å². The first kappa shape index (κ1) is 12.3. The molecule has 0 aromatic rings. The van der Waals surface area contributed by atoms with E-state index in [0.29, 0.717) is 12.1 Å². The van der Waals surface area contributed by atoms with E-state index < -0.39 is 27.8 Å². The van der Waals surface area contributed by atoms with E-state index >= 15 is 0 Å². The molecule has 3 aliphatic rings. The summed E-state index contributed by atoms with van der Waals surface area (Å²) in [6, 6.07) is -1.23. The number of nitrogens with zero attached hydrogens (tertiary/aromatic N) is 2. The minimum absolute atomic E-state index is 0.0196. The topological polar surface area (TPSA) is 83.9 Å². The summed E-state index contributed by atoms with van der Waals surface area (Å²) in [5, 5.41) is 0. The van der Waals surface area contributed by atoms with Crippen LogP contribution in [0.3, 0.4) is 0 Å². The molecule has 3 amide bonds. The summed E-state index contributed by atoms with van der Waals surface area (Å²) in [6.07, 6.45) is 7.04. The summed E-state index contributed by atoms with van der Waals surface area (Å²) in [4.78, 5) is 29.1. The Bertz CT molecular complexity index is 645. The maximum atomic E-state index is 12.3. The van der Waals surface area contributed by atoms with Crippen LogP contribution in [0.15, 0.2) is 29.3 Å². The number of aliphatic imine (C=N–C) groups is 1. The van der Waals surface area contributed by atoms with Gasteiger partial charge in [-0.1, -0.05) is 18.2 Å². The lowest BCUT2D eigenvalue weighted by Crippen LogP contribution is -2.51. The number of carbonyl (C=O) groups is 2. The van der Waals surface area contributed by atoms with E-state index in [9.17, 15) is 18.0 Å². The number of carbonyl (C=O) groups excluding carboxylic acids is 2. The number of amides is 3. The fraction of sp³-hybridized carbons (Fsp3) is 0.417. The van der Waals surface area contributed by atoms with Crippen LogP contribution < -0.4 is 0 Å². The predicted molar refractivity (Wildman–Crippen MR) is 68.5 cm³/mol. The van der Waals surface area contributed by atoms with Gasteiger partial charge in [0, 0.05) is 0 Å². The molecule has 100 valence electrons. The summed E-state index contributed by atoms with van der Waals surface area (Å²) in [5.41, 5.74) is 0.426. The third kappa shape index (κ3) is 2.03. The molecule has 2 aliphatic heterocycles. The highest BCUT2D eigenvalue weighted by molar-refractivity contribution is 7.91. The zero-order valence-electron chi connectivity index (χ0n) is 10.0. The van der Waals surface area contributed by atoms with Crippen LogP contribution in [0, 0.1) is 5.92 Å². The van der Waals surface area contributed by atoms with Crippen molar-refractivity contribution in [1.82, 2.24) is 4.90 Å². The number of hydrogen-bond acceptors (Lipinski definition) is 4. The predicted octanol–water partition coefficient (Wildman–Crippen LogP) is 0.319. The van der Waals surface area contributed by atoms with E-state index in [2.05, 4.69) is 4.99 Å². The Hall–Kier alpha value is -1.76. The third-order valence-electron chi connectivity index (χ3n) is 3.51. The largest absolute Gasteiger partial charge is 0.350 e. The van der Waals surface area contributed by atoms with Crippen LogP contribution in [0.5, 0.6) is 0 Å². The Morgan fingerprint density at radius 3 is 2.74 bits per heavy atom. The SMILES string of the molecule is O=C1N=C2C=CC=CC2C(=O)N1C1CCS(=O)(=O)C1. The van der Waals surface area contributed by atoms with Crippen molar-refractivity contribution in [2.24, 2.45) is 10.9 Å². The summed E-state index contributed by atoms with van der Waals surface area (Å²) in [7, 11) is -3.15. The average Bonchev–Trinajstić information content (AvgIpc) is 2.69. The molecule has 1 fully saturated rings. The minimum atomic E-state index is -3.15. The highest BCUT2D eigenvalue weighted by Gasteiger charge is 2.43. The van der Waals surface area contributed by atoms with E-state index in [1.165, 1.54) is 0 Å². The molecule has 0 N–H and O–H groups in total. The van der Waals surface area contributed by atoms with E-state index in [1.54, 1.807) is 24.3 Å². The molecule has 2 atom stereocenters. The summed E-state index contributed by atoms with van der Waals surface area (Å²) in [5.74, 6) is -1.07. The van der Waals surface area contributed by atoms with Gasteiger partial charge >= 0.3 is 6.03 Å². The maximum absolute atomic E-state index is 12.3. The van der Waals surface area contributed by atoms with Crippen molar-refractivity contribution in [1.29, 1.82) is 0 Å². The normalized spacial score (nSPS) is 32.4. The second-order valence-corrected chi connectivity index (χ2v) is 7.03. The van der Waals surface area contributed by atoms with Gasteiger partial charge in [-0.2, -0.15) is 4.99 Å². The molecule has 0 saturated carbocycles. The van der Waals surface area contributed by atoms with Gasteiger partial charge in [-0.05, 0) is 12.5 Å². The van der Waals surface area contributed by atoms with Crippen LogP contribution >= 0.6 is 0 Å². The molecule has 0 aromatic heterocycles. The van der Waals surface area contributed by atoms with Gasteiger partial charge in [-0.15, -0.1) is 0 Å². The van der Waals surface area contributed by atoms with Crippen LogP contribution in [0.1, 0.15) is 6.42 Å². The van der Waals surface area contributed by atoms with Gasteiger partial charge in [0.2, 0.25) is 5.91 Å². The molecule has 0 aromatic carbocycles. The summed E-state index contributed by atoms with van der Waals surface area (Å²) >= 11 is 0. The number of sulfone groups is 1. The fourth-order valence-corrected chi connectivity index (χ4v) is 4.27. The lowest BCUT2D eigenvalue weighted by Gasteiger charge is -2.31. The first-order valence-electron chi connectivity index (χ1n) is 5.99. The Morgan fingerprint density at radius 1 is 1.26 bits per heavy atom. The van der Waals surface area contributed by atoms with Crippen LogP contribution in [0.4, 0.5) is 4.79 Å². The molecule has 2 unspecified atom stereocenters. The van der Waals surface area contributed by atoms with Gasteiger partial charge < -0.3 is 0 Å². The Kier molecular flexibility index (Phi) is 2.67. The van der Waals surface area contributed by atoms with E-state index in [-0.39, 0.29) is 17.4 Å². The smallest absolute Gasteiger partial charge is 0.273 e. The minimum Gasteiger partial charge on any atom is -0.273 e. The Morgan fingerprint density at radius 2 is 2.05 bits per heavy atom. The average molecular weight is 280 g/mol. The van der Waals surface area contributed by atoms with Crippen molar-refractivity contribution in [3.8, 4) is 0 Å². The molecule has 6 nitrogen and oxygen atoms in total. The molecular weight excluding hydrogens is 268 g/mol. The molecule has 1 aliphatic carbocycles. The van der Waals surface area contributed by atoms with Crippen molar-refractivity contribution in [2.75, 3.05) is 11.5 Å². The number of allylic oxidation sites excluding steroid dienone is 3. The quantitative estimate of drug-likeness (QED) is 0.692. The molecule has 0 bridgehead atoms. The van der Waals surface area contributed by atoms with Crippen LogP contribution in [0.25, 0.3) is 0 Å².